The molecule has 0 aliphatic heterocycles. The zero-order valence-corrected chi connectivity index (χ0v) is 24.1. The van der Waals surface area contributed by atoms with Crippen LogP contribution in [0.1, 0.15) is 174 Å². The minimum Gasteiger partial charge on any atom is -0.481 e. The largest absolute Gasteiger partial charge is 0.481 e. The fourth-order valence-corrected chi connectivity index (χ4v) is 4.66. The predicted octanol–water partition coefficient (Wildman–Crippen LogP) is 10.3. The second-order valence-corrected chi connectivity index (χ2v) is 10.7. The standard InChI is InChI=1S/C32H60O4/c1-3-5-7-9-10-11-12-13-14-15-16-17-18-19-20-21-22-23-24-26-28-32(35)36-30(29-31(33)34)27-25-8-6-4-2/h13-14,30H,3-12,15-29H2,1-2H3,(H,33,34)/b14-13-. The minimum atomic E-state index is -0.890. The van der Waals surface area contributed by atoms with E-state index >= 15 is 0 Å². The van der Waals surface area contributed by atoms with Crippen molar-refractivity contribution in [2.45, 2.75) is 180 Å². The monoisotopic (exact) mass is 508 g/mol. The van der Waals surface area contributed by atoms with Gasteiger partial charge in [-0.1, -0.05) is 129 Å². The fourth-order valence-electron chi connectivity index (χ4n) is 4.66. The molecule has 1 atom stereocenters. The van der Waals surface area contributed by atoms with Gasteiger partial charge in [0.15, 0.2) is 0 Å². The molecule has 0 aliphatic carbocycles. The third kappa shape index (κ3) is 27.3. The third-order valence-corrected chi connectivity index (χ3v) is 6.97. The number of rotatable bonds is 28. The number of hydrogen-bond donors (Lipinski definition) is 1. The van der Waals surface area contributed by atoms with E-state index in [1.165, 1.54) is 103 Å². The SMILES string of the molecule is CCCCCCCC/C=C\CCCCCCCCCCCCC(=O)OC(CCCCCC)CC(=O)O. The first kappa shape index (κ1) is 34.7. The van der Waals surface area contributed by atoms with Crippen molar-refractivity contribution in [2.24, 2.45) is 0 Å². The summed E-state index contributed by atoms with van der Waals surface area (Å²) in [6, 6.07) is 0. The van der Waals surface area contributed by atoms with Crippen LogP contribution >= 0.6 is 0 Å². The summed E-state index contributed by atoms with van der Waals surface area (Å²) >= 11 is 0. The van der Waals surface area contributed by atoms with Gasteiger partial charge in [0, 0.05) is 6.42 Å². The molecule has 0 heterocycles. The van der Waals surface area contributed by atoms with E-state index in [1.807, 2.05) is 0 Å². The molecule has 0 amide bonds. The third-order valence-electron chi connectivity index (χ3n) is 6.97. The summed E-state index contributed by atoms with van der Waals surface area (Å²) in [5.41, 5.74) is 0. The van der Waals surface area contributed by atoms with Gasteiger partial charge in [0.1, 0.15) is 6.10 Å². The van der Waals surface area contributed by atoms with Crippen LogP contribution in [-0.4, -0.2) is 23.1 Å². The van der Waals surface area contributed by atoms with Crippen molar-refractivity contribution in [3.05, 3.63) is 12.2 Å². The highest BCUT2D eigenvalue weighted by molar-refractivity contribution is 5.71. The number of carbonyl (C=O) groups excluding carboxylic acids is 1. The summed E-state index contributed by atoms with van der Waals surface area (Å²) in [5.74, 6) is -1.12. The van der Waals surface area contributed by atoms with E-state index in [0.717, 1.165) is 38.5 Å². The average Bonchev–Trinajstić information content (AvgIpc) is 2.85. The highest BCUT2D eigenvalue weighted by atomic mass is 16.5. The molecule has 36 heavy (non-hydrogen) atoms. The zero-order valence-electron chi connectivity index (χ0n) is 24.1. The van der Waals surface area contributed by atoms with E-state index in [-0.39, 0.29) is 12.4 Å². The Hall–Kier alpha value is -1.32. The van der Waals surface area contributed by atoms with Crippen molar-refractivity contribution >= 4 is 11.9 Å². The number of aliphatic carboxylic acids is 1. The molecule has 0 aromatic heterocycles. The summed E-state index contributed by atoms with van der Waals surface area (Å²) in [4.78, 5) is 23.1. The molecule has 0 saturated heterocycles. The quantitative estimate of drug-likeness (QED) is 0.0648. The van der Waals surface area contributed by atoms with Gasteiger partial charge in [-0.3, -0.25) is 9.59 Å². The van der Waals surface area contributed by atoms with Crippen molar-refractivity contribution in [3.63, 3.8) is 0 Å². The van der Waals surface area contributed by atoms with E-state index in [9.17, 15) is 9.59 Å². The lowest BCUT2D eigenvalue weighted by Gasteiger charge is -2.16. The van der Waals surface area contributed by atoms with Crippen molar-refractivity contribution in [3.8, 4) is 0 Å². The fraction of sp³-hybridized carbons (Fsp3) is 0.875. The summed E-state index contributed by atoms with van der Waals surface area (Å²) in [7, 11) is 0. The number of ether oxygens (including phenoxy) is 1. The Morgan fingerprint density at radius 2 is 1.03 bits per heavy atom. The Bertz CT molecular complexity index is 514. The van der Waals surface area contributed by atoms with Crippen LogP contribution in [0.3, 0.4) is 0 Å². The summed E-state index contributed by atoms with van der Waals surface area (Å²) in [6.45, 7) is 4.42. The van der Waals surface area contributed by atoms with Gasteiger partial charge >= 0.3 is 11.9 Å². The molecule has 0 radical (unpaired) electrons. The van der Waals surface area contributed by atoms with Crippen molar-refractivity contribution in [1.29, 1.82) is 0 Å². The van der Waals surface area contributed by atoms with Crippen molar-refractivity contribution in [1.82, 2.24) is 0 Å². The summed E-state index contributed by atoms with van der Waals surface area (Å²) in [5, 5.41) is 9.06. The molecule has 1 unspecified atom stereocenters. The van der Waals surface area contributed by atoms with Gasteiger partial charge in [0.05, 0.1) is 6.42 Å². The van der Waals surface area contributed by atoms with Crippen molar-refractivity contribution in [2.75, 3.05) is 0 Å². The number of unbranched alkanes of at least 4 members (excludes halogenated alkanes) is 19. The lowest BCUT2D eigenvalue weighted by atomic mass is 10.0. The molecule has 0 aromatic carbocycles. The van der Waals surface area contributed by atoms with Crippen LogP contribution in [0.15, 0.2) is 12.2 Å². The maximum Gasteiger partial charge on any atom is 0.307 e. The van der Waals surface area contributed by atoms with E-state index in [1.54, 1.807) is 0 Å². The lowest BCUT2D eigenvalue weighted by molar-refractivity contribution is -0.153. The highest BCUT2D eigenvalue weighted by Crippen LogP contribution is 2.15. The Morgan fingerprint density at radius 1 is 0.611 bits per heavy atom. The van der Waals surface area contributed by atoms with Gasteiger partial charge in [-0.05, 0) is 44.9 Å². The smallest absolute Gasteiger partial charge is 0.307 e. The molecule has 0 spiro atoms. The molecule has 0 saturated carbocycles. The molecular weight excluding hydrogens is 448 g/mol. The first-order chi connectivity index (χ1) is 17.6. The molecule has 1 N–H and O–H groups in total. The van der Waals surface area contributed by atoms with Crippen molar-refractivity contribution < 1.29 is 19.4 Å². The number of carbonyl (C=O) groups is 2. The number of carboxylic acid groups (broad SMARTS) is 1. The number of esters is 1. The van der Waals surface area contributed by atoms with Crippen LogP contribution in [0.5, 0.6) is 0 Å². The first-order valence-electron chi connectivity index (χ1n) is 15.7. The van der Waals surface area contributed by atoms with E-state index < -0.39 is 12.1 Å². The molecule has 212 valence electrons. The van der Waals surface area contributed by atoms with Crippen LogP contribution in [-0.2, 0) is 14.3 Å². The molecule has 0 bridgehead atoms. The Kier molecular flexibility index (Phi) is 27.2. The van der Waals surface area contributed by atoms with Crippen LogP contribution in [0, 0.1) is 0 Å². The van der Waals surface area contributed by atoms with Gasteiger partial charge in [-0.2, -0.15) is 0 Å². The summed E-state index contributed by atoms with van der Waals surface area (Å²) in [6.07, 6.45) is 32.7. The van der Waals surface area contributed by atoms with Gasteiger partial charge in [0.25, 0.3) is 0 Å². The number of allylic oxidation sites excluding steroid dienone is 2. The van der Waals surface area contributed by atoms with Crippen LogP contribution in [0.25, 0.3) is 0 Å². The molecule has 0 aliphatic rings. The number of carboxylic acids is 1. The van der Waals surface area contributed by atoms with Gasteiger partial charge in [-0.15, -0.1) is 0 Å². The summed E-state index contributed by atoms with van der Waals surface area (Å²) < 4.78 is 5.46. The number of hydrogen-bond acceptors (Lipinski definition) is 3. The lowest BCUT2D eigenvalue weighted by Crippen LogP contribution is -2.21. The predicted molar refractivity (Wildman–Crippen MR) is 153 cm³/mol. The van der Waals surface area contributed by atoms with Crippen LogP contribution in [0.2, 0.25) is 0 Å². The molecule has 4 heteroatoms. The van der Waals surface area contributed by atoms with E-state index in [4.69, 9.17) is 9.84 Å². The second-order valence-electron chi connectivity index (χ2n) is 10.7. The van der Waals surface area contributed by atoms with E-state index in [2.05, 4.69) is 26.0 Å². The Balaban J connectivity index is 3.47. The van der Waals surface area contributed by atoms with Gasteiger partial charge in [-0.25, -0.2) is 0 Å². The van der Waals surface area contributed by atoms with Gasteiger partial charge < -0.3 is 9.84 Å². The maximum absolute atomic E-state index is 12.1. The van der Waals surface area contributed by atoms with Crippen LogP contribution in [0.4, 0.5) is 0 Å². The molecule has 4 nitrogen and oxygen atoms in total. The first-order valence-corrected chi connectivity index (χ1v) is 15.7. The minimum absolute atomic E-state index is 0.0756. The molecule has 0 rings (SSSR count). The topological polar surface area (TPSA) is 63.6 Å². The average molecular weight is 509 g/mol. The van der Waals surface area contributed by atoms with Crippen LogP contribution < -0.4 is 0 Å². The maximum atomic E-state index is 12.1. The normalized spacial score (nSPS) is 12.3. The zero-order chi connectivity index (χ0) is 26.5. The van der Waals surface area contributed by atoms with E-state index in [0.29, 0.717) is 12.8 Å². The molecule has 0 aromatic rings. The Morgan fingerprint density at radius 3 is 1.50 bits per heavy atom. The molecule has 0 fully saturated rings. The second kappa shape index (κ2) is 28.3. The molecular formula is C32H60O4. The highest BCUT2D eigenvalue weighted by Gasteiger charge is 2.17. The van der Waals surface area contributed by atoms with Gasteiger partial charge in [0.2, 0.25) is 0 Å². The Labute approximate surface area is 224 Å².